The fourth-order valence-electron chi connectivity index (χ4n) is 3.42. The van der Waals surface area contributed by atoms with Gasteiger partial charge in [-0.3, -0.25) is 4.79 Å². The number of ether oxygens (including phenoxy) is 2. The van der Waals surface area contributed by atoms with Crippen LogP contribution in [0.5, 0.6) is 0 Å². The first-order valence-corrected chi connectivity index (χ1v) is 11.0. The predicted octanol–water partition coefficient (Wildman–Crippen LogP) is 3.42. The van der Waals surface area contributed by atoms with E-state index in [2.05, 4.69) is 10.6 Å². The van der Waals surface area contributed by atoms with E-state index in [4.69, 9.17) is 9.47 Å². The van der Waals surface area contributed by atoms with Crippen molar-refractivity contribution in [2.45, 2.75) is 31.5 Å². The summed E-state index contributed by atoms with van der Waals surface area (Å²) in [6.45, 7) is 0.0745. The molecule has 0 aliphatic carbocycles. The number of esters is 1. The van der Waals surface area contributed by atoms with Gasteiger partial charge in [-0.2, -0.15) is 0 Å². The Morgan fingerprint density at radius 3 is 1.65 bits per heavy atom. The Hall–Kier alpha value is -4.13. The molecule has 2 amide bonds. The van der Waals surface area contributed by atoms with Crippen molar-refractivity contribution in [1.29, 1.82) is 0 Å². The molecule has 0 radical (unpaired) electrons. The molecule has 176 valence electrons. The van der Waals surface area contributed by atoms with Gasteiger partial charge in [-0.15, -0.1) is 0 Å². The normalized spacial score (nSPS) is 12.1. The van der Waals surface area contributed by atoms with Crippen molar-refractivity contribution < 1.29 is 23.9 Å². The van der Waals surface area contributed by atoms with Crippen molar-refractivity contribution >= 4 is 18.0 Å². The van der Waals surface area contributed by atoms with Crippen LogP contribution in [-0.2, 0) is 38.5 Å². The van der Waals surface area contributed by atoms with Crippen molar-refractivity contribution in [2.24, 2.45) is 0 Å². The maximum atomic E-state index is 13.2. The zero-order valence-corrected chi connectivity index (χ0v) is 19.0. The van der Waals surface area contributed by atoms with Crippen molar-refractivity contribution in [2.75, 3.05) is 7.11 Å². The Bertz CT molecular complexity index is 1060. The van der Waals surface area contributed by atoms with Gasteiger partial charge in [0.2, 0.25) is 5.91 Å². The summed E-state index contributed by atoms with van der Waals surface area (Å²) in [5.41, 5.74) is 2.55. The van der Waals surface area contributed by atoms with Gasteiger partial charge in [-0.05, 0) is 16.7 Å². The van der Waals surface area contributed by atoms with E-state index in [1.54, 1.807) is 0 Å². The molecule has 0 aliphatic heterocycles. The second-order valence-corrected chi connectivity index (χ2v) is 7.72. The van der Waals surface area contributed by atoms with Crippen LogP contribution >= 0.6 is 0 Å². The monoisotopic (exact) mass is 460 g/mol. The first-order chi connectivity index (χ1) is 16.5. The Balaban J connectivity index is 1.70. The molecule has 0 saturated heterocycles. The van der Waals surface area contributed by atoms with E-state index in [-0.39, 0.29) is 19.4 Å². The zero-order valence-electron chi connectivity index (χ0n) is 19.0. The van der Waals surface area contributed by atoms with E-state index in [0.29, 0.717) is 0 Å². The molecule has 0 aliphatic rings. The Morgan fingerprint density at radius 1 is 0.676 bits per heavy atom. The second-order valence-electron chi connectivity index (χ2n) is 7.72. The smallest absolute Gasteiger partial charge is 0.408 e. The molecular weight excluding hydrogens is 432 g/mol. The number of amides is 2. The number of hydrogen-bond donors (Lipinski definition) is 2. The minimum absolute atomic E-state index is 0.0745. The van der Waals surface area contributed by atoms with Crippen LogP contribution < -0.4 is 10.6 Å². The molecule has 0 fully saturated rings. The summed E-state index contributed by atoms with van der Waals surface area (Å²) in [4.78, 5) is 38.0. The molecule has 34 heavy (non-hydrogen) atoms. The van der Waals surface area contributed by atoms with Gasteiger partial charge in [0, 0.05) is 12.8 Å². The molecule has 0 bridgehead atoms. The van der Waals surface area contributed by atoms with Crippen molar-refractivity contribution in [3.05, 3.63) is 108 Å². The van der Waals surface area contributed by atoms with Gasteiger partial charge in [0.25, 0.3) is 0 Å². The van der Waals surface area contributed by atoms with Crippen molar-refractivity contribution in [3.8, 4) is 0 Å². The van der Waals surface area contributed by atoms with Crippen LogP contribution in [0.4, 0.5) is 4.79 Å². The third kappa shape index (κ3) is 7.78. The summed E-state index contributed by atoms with van der Waals surface area (Å²) in [6.07, 6.45) is -0.236. The third-order valence-corrected chi connectivity index (χ3v) is 5.19. The molecule has 3 rings (SSSR count). The maximum absolute atomic E-state index is 13.2. The first kappa shape index (κ1) is 24.5. The van der Waals surface area contributed by atoms with Crippen LogP contribution in [0.2, 0.25) is 0 Å². The van der Waals surface area contributed by atoms with Gasteiger partial charge in [0.15, 0.2) is 0 Å². The van der Waals surface area contributed by atoms with Gasteiger partial charge in [0.05, 0.1) is 7.11 Å². The summed E-state index contributed by atoms with van der Waals surface area (Å²) >= 11 is 0. The van der Waals surface area contributed by atoms with Crippen LogP contribution in [0, 0.1) is 0 Å². The van der Waals surface area contributed by atoms with Crippen molar-refractivity contribution in [3.63, 3.8) is 0 Å². The molecule has 0 spiro atoms. The van der Waals surface area contributed by atoms with E-state index in [1.807, 2.05) is 91.0 Å². The van der Waals surface area contributed by atoms with Gasteiger partial charge in [-0.1, -0.05) is 91.0 Å². The number of nitrogens with one attached hydrogen (secondary N) is 2. The largest absolute Gasteiger partial charge is 0.467 e. The minimum atomic E-state index is -0.950. The van der Waals surface area contributed by atoms with Crippen LogP contribution in [0.15, 0.2) is 91.0 Å². The van der Waals surface area contributed by atoms with E-state index in [9.17, 15) is 14.4 Å². The number of benzene rings is 3. The highest BCUT2D eigenvalue weighted by Gasteiger charge is 2.28. The van der Waals surface area contributed by atoms with Crippen LogP contribution in [0.3, 0.4) is 0 Å². The maximum Gasteiger partial charge on any atom is 0.408 e. The molecule has 0 saturated carbocycles. The summed E-state index contributed by atoms with van der Waals surface area (Å²) in [5.74, 6) is -1.07. The molecular formula is C27H28N2O5. The number of rotatable bonds is 10. The average molecular weight is 461 g/mol. The highest BCUT2D eigenvalue weighted by molar-refractivity contribution is 5.90. The molecule has 7 nitrogen and oxygen atoms in total. The summed E-state index contributed by atoms with van der Waals surface area (Å²) < 4.78 is 10.2. The molecule has 0 heterocycles. The lowest BCUT2D eigenvalue weighted by Gasteiger charge is -2.22. The van der Waals surface area contributed by atoms with Crippen LogP contribution in [0.25, 0.3) is 0 Å². The van der Waals surface area contributed by atoms with Crippen LogP contribution in [0.1, 0.15) is 16.7 Å². The zero-order chi connectivity index (χ0) is 24.2. The molecule has 3 aromatic rings. The Labute approximate surface area is 199 Å². The van der Waals surface area contributed by atoms with Gasteiger partial charge in [0.1, 0.15) is 18.7 Å². The van der Waals surface area contributed by atoms with Gasteiger partial charge in [-0.25, -0.2) is 9.59 Å². The standard InChI is InChI=1S/C27H28N2O5/c1-33-26(31)24(18-21-13-7-3-8-14-21)28-25(30)23(17-20-11-5-2-6-12-20)29-27(32)34-19-22-15-9-4-10-16-22/h2-16,23-24H,17-19H2,1H3,(H,28,30)(H,29,32)/t23?,24-/m0/s1. The molecule has 0 aromatic heterocycles. The Kier molecular flexibility index (Phi) is 9.22. The SMILES string of the molecule is COC(=O)[C@H](Cc1ccccc1)NC(=O)C(Cc1ccccc1)NC(=O)OCc1ccccc1. The molecule has 3 aromatic carbocycles. The molecule has 1 unspecified atom stereocenters. The average Bonchev–Trinajstić information content (AvgIpc) is 2.88. The highest BCUT2D eigenvalue weighted by atomic mass is 16.5. The number of methoxy groups -OCH3 is 1. The lowest BCUT2D eigenvalue weighted by atomic mass is 10.0. The van der Waals surface area contributed by atoms with E-state index >= 15 is 0 Å². The van der Waals surface area contributed by atoms with Crippen LogP contribution in [-0.4, -0.2) is 37.2 Å². The highest BCUT2D eigenvalue weighted by Crippen LogP contribution is 2.08. The third-order valence-electron chi connectivity index (χ3n) is 5.19. The van der Waals surface area contributed by atoms with Gasteiger partial charge < -0.3 is 20.1 Å². The Morgan fingerprint density at radius 2 is 1.15 bits per heavy atom. The quantitative estimate of drug-likeness (QED) is 0.452. The fourth-order valence-corrected chi connectivity index (χ4v) is 3.42. The van der Waals surface area contributed by atoms with E-state index in [0.717, 1.165) is 16.7 Å². The lowest BCUT2D eigenvalue weighted by molar-refractivity contribution is -0.145. The first-order valence-electron chi connectivity index (χ1n) is 11.0. The van der Waals surface area contributed by atoms with Gasteiger partial charge >= 0.3 is 12.1 Å². The van der Waals surface area contributed by atoms with E-state index < -0.39 is 30.1 Å². The summed E-state index contributed by atoms with van der Waals surface area (Å²) in [5, 5.41) is 5.37. The number of alkyl carbamates (subject to hydrolysis) is 1. The number of carbonyl (C=O) groups excluding carboxylic acids is 3. The lowest BCUT2D eigenvalue weighted by Crippen LogP contribution is -2.53. The number of carbonyl (C=O) groups is 3. The fraction of sp³-hybridized carbons (Fsp3) is 0.222. The molecule has 2 N–H and O–H groups in total. The number of hydrogen-bond acceptors (Lipinski definition) is 5. The molecule has 2 atom stereocenters. The summed E-state index contributed by atoms with van der Waals surface area (Å²) in [7, 11) is 1.27. The second kappa shape index (κ2) is 12.8. The summed E-state index contributed by atoms with van der Waals surface area (Å²) in [6, 6.07) is 26.0. The van der Waals surface area contributed by atoms with E-state index in [1.165, 1.54) is 7.11 Å². The predicted molar refractivity (Wildman–Crippen MR) is 128 cm³/mol. The topological polar surface area (TPSA) is 93.7 Å². The minimum Gasteiger partial charge on any atom is -0.467 e. The molecule has 7 heteroatoms. The van der Waals surface area contributed by atoms with Crippen molar-refractivity contribution in [1.82, 2.24) is 10.6 Å².